The quantitative estimate of drug-likeness (QED) is 0.688. The number of hydrogen-bond acceptors (Lipinski definition) is 1. The normalized spacial score (nSPS) is 20.8. The van der Waals surface area contributed by atoms with Crippen molar-refractivity contribution >= 4 is 15.9 Å². The molecule has 1 nitrogen and oxygen atoms in total. The summed E-state index contributed by atoms with van der Waals surface area (Å²) in [7, 11) is 0. The van der Waals surface area contributed by atoms with Crippen LogP contribution in [0.5, 0.6) is 0 Å². The first kappa shape index (κ1) is 13.5. The summed E-state index contributed by atoms with van der Waals surface area (Å²) >= 11 is 3.71. The number of alkyl halides is 1. The Balaban J connectivity index is 2.44. The van der Waals surface area contributed by atoms with E-state index in [1.807, 2.05) is 0 Å². The van der Waals surface area contributed by atoms with Crippen molar-refractivity contribution in [3.63, 3.8) is 0 Å². The summed E-state index contributed by atoms with van der Waals surface area (Å²) in [5, 5.41) is 1.15. The van der Waals surface area contributed by atoms with Crippen molar-refractivity contribution in [2.24, 2.45) is 11.3 Å². The lowest BCUT2D eigenvalue weighted by Gasteiger charge is -2.39. The van der Waals surface area contributed by atoms with Crippen molar-refractivity contribution in [3.8, 4) is 0 Å². The van der Waals surface area contributed by atoms with Gasteiger partial charge in [0.1, 0.15) is 0 Å². The third-order valence-corrected chi connectivity index (χ3v) is 5.41. The predicted octanol–water partition coefficient (Wildman–Crippen LogP) is 3.92. The molecule has 2 heteroatoms. The highest BCUT2D eigenvalue weighted by molar-refractivity contribution is 9.09. The molecule has 15 heavy (non-hydrogen) atoms. The molecule has 0 aliphatic carbocycles. The molecule has 0 spiro atoms. The van der Waals surface area contributed by atoms with E-state index in [1.165, 1.54) is 45.3 Å². The highest BCUT2D eigenvalue weighted by Gasteiger charge is 2.28. The summed E-state index contributed by atoms with van der Waals surface area (Å²) in [5.74, 6) is 0.947. The van der Waals surface area contributed by atoms with E-state index in [4.69, 9.17) is 0 Å². The molecule has 1 rings (SSSR count). The molecule has 0 radical (unpaired) electrons. The number of likely N-dealkylation sites (tertiary alicyclic amines) is 1. The minimum atomic E-state index is 0.514. The molecular weight excluding hydrogens is 250 g/mol. The largest absolute Gasteiger partial charge is 0.303 e. The fourth-order valence-electron chi connectivity index (χ4n) is 2.40. The Bertz CT molecular complexity index is 161. The zero-order valence-corrected chi connectivity index (χ0v) is 12.1. The Kier molecular flexibility index (Phi) is 5.62. The maximum absolute atomic E-state index is 3.71. The molecule has 1 saturated heterocycles. The van der Waals surface area contributed by atoms with E-state index in [1.54, 1.807) is 0 Å². The zero-order chi connectivity index (χ0) is 11.3. The maximum atomic E-state index is 3.71. The highest BCUT2D eigenvalue weighted by Crippen LogP contribution is 2.31. The Morgan fingerprint density at radius 1 is 1.20 bits per heavy atom. The van der Waals surface area contributed by atoms with Gasteiger partial charge in [-0.1, -0.05) is 36.7 Å². The molecule has 1 fully saturated rings. The summed E-state index contributed by atoms with van der Waals surface area (Å²) in [6.45, 7) is 11.0. The van der Waals surface area contributed by atoms with E-state index in [0.29, 0.717) is 5.41 Å². The van der Waals surface area contributed by atoms with Gasteiger partial charge in [-0.05, 0) is 50.1 Å². The first-order valence-electron chi connectivity index (χ1n) is 6.44. The van der Waals surface area contributed by atoms with E-state index in [9.17, 15) is 0 Å². The van der Waals surface area contributed by atoms with Crippen LogP contribution in [-0.4, -0.2) is 29.9 Å². The summed E-state index contributed by atoms with van der Waals surface area (Å²) < 4.78 is 0. The molecule has 90 valence electrons. The van der Waals surface area contributed by atoms with Crippen LogP contribution < -0.4 is 0 Å². The molecule has 0 atom stereocenters. The lowest BCUT2D eigenvalue weighted by atomic mass is 9.83. The Morgan fingerprint density at radius 3 is 2.13 bits per heavy atom. The number of rotatable bonds is 5. The molecule has 0 aromatic carbocycles. The maximum Gasteiger partial charge on any atom is 0.01000 e. The molecule has 0 unspecified atom stereocenters. The molecule has 0 saturated carbocycles. The number of nitrogens with zero attached hydrogens (tertiary/aromatic N) is 1. The molecule has 1 aliphatic heterocycles. The van der Waals surface area contributed by atoms with Gasteiger partial charge in [-0.15, -0.1) is 0 Å². The van der Waals surface area contributed by atoms with Gasteiger partial charge in [0.15, 0.2) is 0 Å². The van der Waals surface area contributed by atoms with Crippen LogP contribution in [0.4, 0.5) is 0 Å². The molecular formula is C13H26BrN. The van der Waals surface area contributed by atoms with E-state index < -0.39 is 0 Å². The Labute approximate surface area is 104 Å². The van der Waals surface area contributed by atoms with Crippen molar-refractivity contribution in [2.75, 3.05) is 25.0 Å². The van der Waals surface area contributed by atoms with Gasteiger partial charge >= 0.3 is 0 Å². The lowest BCUT2D eigenvalue weighted by Crippen LogP contribution is -2.42. The summed E-state index contributed by atoms with van der Waals surface area (Å²) in [5.41, 5.74) is 0.514. The molecule has 0 aromatic rings. The predicted molar refractivity (Wildman–Crippen MR) is 71.6 cm³/mol. The third-order valence-electron chi connectivity index (χ3n) is 4.22. The molecule has 1 heterocycles. The van der Waals surface area contributed by atoms with Crippen LogP contribution in [0.3, 0.4) is 0 Å². The average molecular weight is 276 g/mol. The molecule has 0 N–H and O–H groups in total. The van der Waals surface area contributed by atoms with Crippen LogP contribution in [0.15, 0.2) is 0 Å². The fraction of sp³-hybridized carbons (Fsp3) is 1.00. The van der Waals surface area contributed by atoms with Gasteiger partial charge in [0.25, 0.3) is 0 Å². The van der Waals surface area contributed by atoms with Crippen molar-refractivity contribution in [1.82, 2.24) is 4.90 Å². The van der Waals surface area contributed by atoms with Crippen LogP contribution in [0, 0.1) is 11.3 Å². The van der Waals surface area contributed by atoms with Gasteiger partial charge in [-0.3, -0.25) is 0 Å². The van der Waals surface area contributed by atoms with E-state index in [0.717, 1.165) is 11.2 Å². The number of piperidine rings is 1. The summed E-state index contributed by atoms with van der Waals surface area (Å²) in [6, 6.07) is 0. The van der Waals surface area contributed by atoms with E-state index >= 15 is 0 Å². The van der Waals surface area contributed by atoms with Gasteiger partial charge in [0.2, 0.25) is 0 Å². The summed E-state index contributed by atoms with van der Waals surface area (Å²) in [6.07, 6.45) is 5.37. The molecule has 0 bridgehead atoms. The zero-order valence-electron chi connectivity index (χ0n) is 10.6. The van der Waals surface area contributed by atoms with Crippen molar-refractivity contribution in [2.45, 2.75) is 46.5 Å². The average Bonchev–Trinajstić information content (AvgIpc) is 2.29. The lowest BCUT2D eigenvalue weighted by molar-refractivity contribution is 0.120. The standard InChI is InChI=1S/C13H26BrN/c1-4-13(5-2,10-14)11-15-8-6-12(3)7-9-15/h12H,4-11H2,1-3H3. The number of hydrogen-bond donors (Lipinski definition) is 0. The SMILES string of the molecule is CCC(CC)(CBr)CN1CCC(C)CC1. The van der Waals surface area contributed by atoms with Crippen molar-refractivity contribution in [1.29, 1.82) is 0 Å². The first-order chi connectivity index (χ1) is 7.15. The molecule has 0 aromatic heterocycles. The van der Waals surface area contributed by atoms with Gasteiger partial charge in [0.05, 0.1) is 0 Å². The van der Waals surface area contributed by atoms with Crippen molar-refractivity contribution < 1.29 is 0 Å². The topological polar surface area (TPSA) is 3.24 Å². The van der Waals surface area contributed by atoms with Gasteiger partial charge in [0, 0.05) is 11.9 Å². The van der Waals surface area contributed by atoms with Crippen LogP contribution in [-0.2, 0) is 0 Å². The minimum absolute atomic E-state index is 0.514. The van der Waals surface area contributed by atoms with E-state index in [-0.39, 0.29) is 0 Å². The first-order valence-corrected chi connectivity index (χ1v) is 7.56. The van der Waals surface area contributed by atoms with Gasteiger partial charge in [-0.25, -0.2) is 0 Å². The van der Waals surface area contributed by atoms with Gasteiger partial charge < -0.3 is 4.90 Å². The van der Waals surface area contributed by atoms with Crippen molar-refractivity contribution in [3.05, 3.63) is 0 Å². The highest BCUT2D eigenvalue weighted by atomic mass is 79.9. The summed E-state index contributed by atoms with van der Waals surface area (Å²) in [4.78, 5) is 2.67. The third kappa shape index (κ3) is 3.74. The van der Waals surface area contributed by atoms with Crippen LogP contribution >= 0.6 is 15.9 Å². The second kappa shape index (κ2) is 6.24. The fourth-order valence-corrected chi connectivity index (χ4v) is 3.37. The minimum Gasteiger partial charge on any atom is -0.303 e. The van der Waals surface area contributed by atoms with Crippen LogP contribution in [0.25, 0.3) is 0 Å². The Morgan fingerprint density at radius 2 is 1.73 bits per heavy atom. The van der Waals surface area contributed by atoms with Gasteiger partial charge in [-0.2, -0.15) is 0 Å². The monoisotopic (exact) mass is 275 g/mol. The second-order valence-electron chi connectivity index (χ2n) is 5.30. The smallest absolute Gasteiger partial charge is 0.01000 e. The van der Waals surface area contributed by atoms with Crippen LogP contribution in [0.1, 0.15) is 46.5 Å². The number of halogens is 1. The van der Waals surface area contributed by atoms with E-state index in [2.05, 4.69) is 41.6 Å². The second-order valence-corrected chi connectivity index (χ2v) is 5.86. The Hall–Kier alpha value is 0.440. The molecule has 0 amide bonds. The van der Waals surface area contributed by atoms with Crippen LogP contribution in [0.2, 0.25) is 0 Å². The molecule has 1 aliphatic rings.